The molecule has 4 aliphatic rings. The summed E-state index contributed by atoms with van der Waals surface area (Å²) in [5.74, 6) is 1.07. The van der Waals surface area contributed by atoms with Gasteiger partial charge in [0.05, 0.1) is 5.56 Å². The van der Waals surface area contributed by atoms with E-state index >= 15 is 0 Å². The van der Waals surface area contributed by atoms with Crippen LogP contribution in [0.2, 0.25) is 0 Å². The highest BCUT2D eigenvalue weighted by atomic mass is 16.4. The number of amides is 1. The Morgan fingerprint density at radius 3 is 2.53 bits per heavy atom. The summed E-state index contributed by atoms with van der Waals surface area (Å²) < 4.78 is 0.718. The number of nitrogens with one attached hydrogen (secondary N) is 1. The smallest absolute Gasteiger partial charge is 0.335 e. The Balaban J connectivity index is 1.50. The number of carbonyl (C=O) groups is 2. The summed E-state index contributed by atoms with van der Waals surface area (Å²) >= 11 is 0. The Kier molecular flexibility index (Phi) is 4.54. The van der Waals surface area contributed by atoms with Gasteiger partial charge >= 0.3 is 11.9 Å². The number of anilines is 1. The van der Waals surface area contributed by atoms with Crippen molar-refractivity contribution in [2.24, 2.45) is 4.99 Å². The van der Waals surface area contributed by atoms with Crippen molar-refractivity contribution < 1.29 is 19.2 Å². The van der Waals surface area contributed by atoms with Crippen LogP contribution in [0.15, 0.2) is 40.8 Å². The average molecular weight is 410 g/mol. The van der Waals surface area contributed by atoms with Crippen molar-refractivity contribution in [2.75, 3.05) is 38.5 Å². The molecular weight excluding hydrogens is 382 g/mol. The maximum absolute atomic E-state index is 12.7. The zero-order chi connectivity index (χ0) is 20.9. The molecule has 1 aromatic carbocycles. The average Bonchev–Trinajstić information content (AvgIpc) is 3.33. The minimum absolute atomic E-state index is 0.166. The first-order valence-corrected chi connectivity index (χ1v) is 10.8. The van der Waals surface area contributed by atoms with Gasteiger partial charge in [0.2, 0.25) is 5.91 Å². The summed E-state index contributed by atoms with van der Waals surface area (Å²) in [4.78, 5) is 33.1. The fourth-order valence-electron chi connectivity index (χ4n) is 4.86. The van der Waals surface area contributed by atoms with Crippen molar-refractivity contribution in [3.8, 4) is 0 Å². The van der Waals surface area contributed by atoms with Crippen LogP contribution >= 0.6 is 0 Å². The van der Waals surface area contributed by atoms with E-state index in [-0.39, 0.29) is 11.5 Å². The number of carboxylic acids is 1. The van der Waals surface area contributed by atoms with Gasteiger partial charge in [0.25, 0.3) is 0 Å². The Hall–Kier alpha value is -2.87. The van der Waals surface area contributed by atoms with Crippen molar-refractivity contribution in [1.82, 2.24) is 9.80 Å². The minimum Gasteiger partial charge on any atom is -0.478 e. The molecule has 1 saturated carbocycles. The van der Waals surface area contributed by atoms with E-state index in [0.29, 0.717) is 12.5 Å². The molecule has 1 spiro atoms. The number of hydrogen-bond donors (Lipinski definition) is 2. The van der Waals surface area contributed by atoms with Crippen LogP contribution < -0.4 is 5.32 Å². The lowest BCUT2D eigenvalue weighted by Gasteiger charge is -2.35. The number of guanidine groups is 1. The molecule has 0 aromatic heterocycles. The number of aliphatic imine (C=N–C) groups is 1. The van der Waals surface area contributed by atoms with E-state index in [4.69, 9.17) is 10.1 Å². The van der Waals surface area contributed by atoms with E-state index in [2.05, 4.69) is 10.2 Å². The van der Waals surface area contributed by atoms with E-state index < -0.39 is 5.97 Å². The number of aromatic carboxylic acids is 1. The third kappa shape index (κ3) is 3.25. The van der Waals surface area contributed by atoms with Gasteiger partial charge in [0, 0.05) is 31.7 Å². The number of benzene rings is 1. The third-order valence-electron chi connectivity index (χ3n) is 6.91. The van der Waals surface area contributed by atoms with Crippen LogP contribution in [0.1, 0.15) is 42.5 Å². The zero-order valence-corrected chi connectivity index (χ0v) is 17.3. The van der Waals surface area contributed by atoms with Gasteiger partial charge < -0.3 is 14.9 Å². The third-order valence-corrected chi connectivity index (χ3v) is 6.91. The van der Waals surface area contributed by atoms with Gasteiger partial charge in [-0.05, 0) is 37.1 Å². The van der Waals surface area contributed by atoms with Gasteiger partial charge in [-0.2, -0.15) is 4.99 Å². The standard InChI is InChI=1S/C22H27N5O3/c1-25-18-14-27(12-13-27)22(23-16-8-6-15(7-9-16)21(29)30)24-20(18)26(11-10-19(25)28)17-4-2-3-5-17/h6-9,17H,2-5,10-14H2,1H3,(H-,23,24,29,30)/p+1. The zero-order valence-electron chi connectivity index (χ0n) is 17.3. The van der Waals surface area contributed by atoms with Crippen LogP contribution in [0, 0.1) is 0 Å². The predicted octanol–water partition coefficient (Wildman–Crippen LogP) is 2.27. The highest BCUT2D eigenvalue weighted by molar-refractivity contribution is 5.93. The molecule has 0 unspecified atom stereocenters. The first-order valence-electron chi connectivity index (χ1n) is 10.8. The maximum Gasteiger partial charge on any atom is 0.335 e. The molecule has 158 valence electrons. The summed E-state index contributed by atoms with van der Waals surface area (Å²) in [5.41, 5.74) is 2.13. The van der Waals surface area contributed by atoms with Crippen LogP contribution in [0.5, 0.6) is 0 Å². The van der Waals surface area contributed by atoms with Crippen molar-refractivity contribution >= 4 is 23.5 Å². The van der Waals surface area contributed by atoms with Gasteiger partial charge in [-0.25, -0.2) is 9.28 Å². The summed E-state index contributed by atoms with van der Waals surface area (Å²) in [6, 6.07) is 7.23. The molecule has 2 N–H and O–H groups in total. The quantitative estimate of drug-likeness (QED) is 0.590. The molecule has 8 nitrogen and oxygen atoms in total. The molecule has 5 rings (SSSR count). The van der Waals surface area contributed by atoms with Gasteiger partial charge in [-0.3, -0.25) is 10.1 Å². The molecule has 0 radical (unpaired) electrons. The number of quaternary nitrogens is 1. The highest BCUT2D eigenvalue weighted by Crippen LogP contribution is 2.38. The van der Waals surface area contributed by atoms with Crippen molar-refractivity contribution in [3.05, 3.63) is 41.3 Å². The van der Waals surface area contributed by atoms with E-state index in [0.717, 1.165) is 66.7 Å². The molecule has 0 bridgehead atoms. The lowest BCUT2D eigenvalue weighted by atomic mass is 10.2. The van der Waals surface area contributed by atoms with E-state index in [1.807, 2.05) is 11.9 Å². The highest BCUT2D eigenvalue weighted by Gasteiger charge is 2.53. The lowest BCUT2D eigenvalue weighted by Crippen LogP contribution is -2.48. The molecule has 8 heteroatoms. The Morgan fingerprint density at radius 1 is 1.20 bits per heavy atom. The second-order valence-electron chi connectivity index (χ2n) is 8.80. The number of hydrogen-bond acceptors (Lipinski definition) is 5. The number of likely N-dealkylation sites (N-methyl/N-ethyl adjacent to an activating group) is 1. The van der Waals surface area contributed by atoms with Gasteiger partial charge in [-0.1, -0.05) is 12.8 Å². The van der Waals surface area contributed by atoms with E-state index in [1.54, 1.807) is 24.3 Å². The van der Waals surface area contributed by atoms with Gasteiger partial charge in [-0.15, -0.1) is 0 Å². The fourth-order valence-corrected chi connectivity index (χ4v) is 4.86. The van der Waals surface area contributed by atoms with Crippen molar-refractivity contribution in [1.29, 1.82) is 0 Å². The first-order chi connectivity index (χ1) is 14.5. The maximum atomic E-state index is 12.7. The van der Waals surface area contributed by atoms with Crippen molar-refractivity contribution in [2.45, 2.75) is 38.1 Å². The normalized spacial score (nSPS) is 23.4. The number of carbonyl (C=O) groups excluding carboxylic acids is 1. The van der Waals surface area contributed by atoms with Crippen LogP contribution in [0.4, 0.5) is 5.69 Å². The summed E-state index contributed by atoms with van der Waals surface area (Å²) in [6.45, 7) is 3.46. The molecule has 3 heterocycles. The molecule has 1 aromatic rings. The largest absolute Gasteiger partial charge is 0.478 e. The molecule has 1 amide bonds. The molecule has 2 fully saturated rings. The van der Waals surface area contributed by atoms with Gasteiger partial charge in [0.15, 0.2) is 5.82 Å². The fraction of sp³-hybridized carbons (Fsp3) is 0.500. The van der Waals surface area contributed by atoms with Crippen LogP contribution in [0.3, 0.4) is 0 Å². The second kappa shape index (κ2) is 7.12. The van der Waals surface area contributed by atoms with E-state index in [9.17, 15) is 9.59 Å². The van der Waals surface area contributed by atoms with E-state index in [1.165, 1.54) is 12.8 Å². The Labute approximate surface area is 176 Å². The monoisotopic (exact) mass is 410 g/mol. The number of nitrogens with zero attached hydrogens (tertiary/aromatic N) is 4. The van der Waals surface area contributed by atoms with Crippen molar-refractivity contribution in [3.63, 3.8) is 0 Å². The van der Waals surface area contributed by atoms with Crippen LogP contribution in [0.25, 0.3) is 0 Å². The summed E-state index contributed by atoms with van der Waals surface area (Å²) in [6.07, 6.45) is 5.30. The summed E-state index contributed by atoms with van der Waals surface area (Å²) in [5, 5.41) is 12.6. The molecule has 1 aliphatic carbocycles. The predicted molar refractivity (Wildman–Crippen MR) is 113 cm³/mol. The summed E-state index contributed by atoms with van der Waals surface area (Å²) in [7, 11) is 1.88. The van der Waals surface area contributed by atoms with Crippen LogP contribution in [-0.2, 0) is 4.79 Å². The topological polar surface area (TPSA) is 85.2 Å². The molecule has 1 saturated heterocycles. The van der Waals surface area contributed by atoms with Crippen LogP contribution in [-0.4, -0.2) is 76.5 Å². The second-order valence-corrected chi connectivity index (χ2v) is 8.80. The SMILES string of the molecule is CN1C(=O)CCN(C2CCCC2)C2=C1C[N+]1(CC1)C(Nc1ccc(C(=O)O)cc1)=N2. The molecule has 3 aliphatic heterocycles. The molecular formula is C22H28N5O3+. The molecule has 30 heavy (non-hydrogen) atoms. The Bertz CT molecular complexity index is 942. The first kappa shape index (κ1) is 19.1. The minimum atomic E-state index is -0.931. The number of rotatable bonds is 3. The van der Waals surface area contributed by atoms with Gasteiger partial charge in [0.1, 0.15) is 25.3 Å². The molecule has 0 atom stereocenters. The Morgan fingerprint density at radius 2 is 1.90 bits per heavy atom. The number of carboxylic acid groups (broad SMARTS) is 1. The lowest BCUT2D eigenvalue weighted by molar-refractivity contribution is -0.696.